The fraction of sp³-hybridized carbons (Fsp3) is 0.273. The first-order valence-corrected chi connectivity index (χ1v) is 11.1. The molecule has 5 rings (SSSR count). The molecule has 4 aromatic rings. The summed E-state index contributed by atoms with van der Waals surface area (Å²) in [5.74, 6) is 1.89. The lowest BCUT2D eigenvalue weighted by Gasteiger charge is -2.28. The third-order valence-corrected chi connectivity index (χ3v) is 6.05. The van der Waals surface area contributed by atoms with Crippen LogP contribution in [0.25, 0.3) is 17.1 Å². The molecule has 0 unspecified atom stereocenters. The highest BCUT2D eigenvalue weighted by Crippen LogP contribution is 2.37. The zero-order chi connectivity index (χ0) is 21.0. The van der Waals surface area contributed by atoms with E-state index in [1.165, 1.54) is 0 Å². The van der Waals surface area contributed by atoms with Gasteiger partial charge >= 0.3 is 0 Å². The van der Waals surface area contributed by atoms with Crippen LogP contribution in [0.5, 0.6) is 0 Å². The van der Waals surface area contributed by atoms with Crippen molar-refractivity contribution in [3.05, 3.63) is 66.6 Å². The molecule has 0 amide bonds. The molecule has 8 nitrogen and oxygen atoms in total. The van der Waals surface area contributed by atoms with Gasteiger partial charge in [0.25, 0.3) is 0 Å². The average molecular weight is 435 g/mol. The second-order valence-electron chi connectivity index (χ2n) is 7.12. The van der Waals surface area contributed by atoms with Gasteiger partial charge < -0.3 is 14.1 Å². The third kappa shape index (κ3) is 4.19. The first-order chi connectivity index (χ1) is 15.3. The van der Waals surface area contributed by atoms with Crippen LogP contribution in [0.15, 0.2) is 70.2 Å². The summed E-state index contributed by atoms with van der Waals surface area (Å²) in [5, 5.41) is 18.2. The van der Waals surface area contributed by atoms with Crippen molar-refractivity contribution >= 4 is 17.7 Å². The molecule has 2 aromatic carbocycles. The molecule has 1 atom stereocenters. The number of nitrogens with zero attached hydrogens (tertiary/aromatic N) is 6. The van der Waals surface area contributed by atoms with Gasteiger partial charge in [-0.05, 0) is 31.2 Å². The van der Waals surface area contributed by atoms with Crippen molar-refractivity contribution < 1.29 is 9.15 Å². The van der Waals surface area contributed by atoms with Crippen molar-refractivity contribution in [1.29, 1.82) is 0 Å². The van der Waals surface area contributed by atoms with Gasteiger partial charge in [0.2, 0.25) is 17.7 Å². The van der Waals surface area contributed by atoms with Gasteiger partial charge in [-0.25, -0.2) is 0 Å². The highest BCUT2D eigenvalue weighted by Gasteiger charge is 2.25. The van der Waals surface area contributed by atoms with Crippen LogP contribution in [0.2, 0.25) is 0 Å². The Morgan fingerprint density at radius 2 is 1.58 bits per heavy atom. The zero-order valence-corrected chi connectivity index (χ0v) is 17.9. The largest absolute Gasteiger partial charge is 0.419 e. The summed E-state index contributed by atoms with van der Waals surface area (Å²) in [6, 6.07) is 19.9. The van der Waals surface area contributed by atoms with Crippen LogP contribution in [0.1, 0.15) is 18.1 Å². The van der Waals surface area contributed by atoms with Crippen LogP contribution < -0.4 is 4.90 Å². The number of benzene rings is 2. The summed E-state index contributed by atoms with van der Waals surface area (Å²) < 4.78 is 13.5. The predicted molar refractivity (Wildman–Crippen MR) is 118 cm³/mol. The summed E-state index contributed by atoms with van der Waals surface area (Å²) in [4.78, 5) is 2.21. The monoisotopic (exact) mass is 434 g/mol. The Labute approximate surface area is 184 Å². The SMILES string of the molecule is C[C@@H](Sc1nnc(N2CCOCC2)n1-c1ccccc1)c1nnc(-c2ccccc2)o1. The lowest BCUT2D eigenvalue weighted by atomic mass is 10.2. The van der Waals surface area contributed by atoms with E-state index < -0.39 is 0 Å². The molecule has 31 heavy (non-hydrogen) atoms. The van der Waals surface area contributed by atoms with E-state index in [4.69, 9.17) is 9.15 Å². The Bertz CT molecular complexity index is 1130. The molecule has 0 bridgehead atoms. The summed E-state index contributed by atoms with van der Waals surface area (Å²) in [6.45, 7) is 4.98. The Kier molecular flexibility index (Phi) is 5.68. The molecule has 158 valence electrons. The molecule has 0 spiro atoms. The molecule has 9 heteroatoms. The molecule has 1 aliphatic rings. The molecule has 0 saturated carbocycles. The van der Waals surface area contributed by atoms with Crippen LogP contribution >= 0.6 is 11.8 Å². The summed E-state index contributed by atoms with van der Waals surface area (Å²) in [6.07, 6.45) is 0. The molecule has 0 aliphatic carbocycles. The second kappa shape index (κ2) is 8.91. The van der Waals surface area contributed by atoms with E-state index in [1.54, 1.807) is 11.8 Å². The Hall–Kier alpha value is -3.17. The van der Waals surface area contributed by atoms with Gasteiger partial charge in [0.1, 0.15) is 0 Å². The lowest BCUT2D eigenvalue weighted by molar-refractivity contribution is 0.122. The number of ether oxygens (including phenoxy) is 1. The number of para-hydroxylation sites is 1. The minimum Gasteiger partial charge on any atom is -0.419 e. The Balaban J connectivity index is 1.44. The van der Waals surface area contributed by atoms with Gasteiger partial charge in [0, 0.05) is 18.7 Å². The average Bonchev–Trinajstić information content (AvgIpc) is 3.49. The van der Waals surface area contributed by atoms with E-state index in [2.05, 4.69) is 42.0 Å². The van der Waals surface area contributed by atoms with Gasteiger partial charge in [-0.3, -0.25) is 4.57 Å². The maximum Gasteiger partial charge on any atom is 0.247 e. The molecule has 1 fully saturated rings. The molecular formula is C22H22N6O2S. The number of morpholine rings is 1. The fourth-order valence-corrected chi connectivity index (χ4v) is 4.31. The molecule has 3 heterocycles. The van der Waals surface area contributed by atoms with Crippen molar-refractivity contribution in [3.8, 4) is 17.1 Å². The smallest absolute Gasteiger partial charge is 0.247 e. The van der Waals surface area contributed by atoms with Crippen molar-refractivity contribution in [2.45, 2.75) is 17.3 Å². The van der Waals surface area contributed by atoms with Crippen LogP contribution in [0, 0.1) is 0 Å². The van der Waals surface area contributed by atoms with Crippen LogP contribution in [-0.2, 0) is 4.74 Å². The van der Waals surface area contributed by atoms with Crippen molar-refractivity contribution in [1.82, 2.24) is 25.0 Å². The van der Waals surface area contributed by atoms with Gasteiger partial charge in [-0.2, -0.15) is 0 Å². The van der Waals surface area contributed by atoms with E-state index in [-0.39, 0.29) is 5.25 Å². The van der Waals surface area contributed by atoms with E-state index in [9.17, 15) is 0 Å². The van der Waals surface area contributed by atoms with E-state index >= 15 is 0 Å². The molecule has 1 saturated heterocycles. The first-order valence-electron chi connectivity index (χ1n) is 10.2. The standard InChI is InChI=1S/C22H22N6O2S/c1-16(19-23-24-20(30-19)17-8-4-2-5-9-17)31-22-26-25-21(27-12-14-29-15-13-27)28(22)18-10-6-3-7-11-18/h2-11,16H,12-15H2,1H3/t16-/m1/s1. The number of anilines is 1. The van der Waals surface area contributed by atoms with Crippen molar-refractivity contribution in [2.75, 3.05) is 31.2 Å². The van der Waals surface area contributed by atoms with Gasteiger partial charge in [-0.1, -0.05) is 48.2 Å². The van der Waals surface area contributed by atoms with E-state index in [0.29, 0.717) is 25.0 Å². The molecule has 1 aliphatic heterocycles. The number of rotatable bonds is 6. The maximum absolute atomic E-state index is 5.94. The minimum absolute atomic E-state index is 0.0887. The molecule has 2 aromatic heterocycles. The lowest BCUT2D eigenvalue weighted by Crippen LogP contribution is -2.37. The highest BCUT2D eigenvalue weighted by atomic mass is 32.2. The topological polar surface area (TPSA) is 82.1 Å². The molecular weight excluding hydrogens is 412 g/mol. The van der Waals surface area contributed by atoms with Gasteiger partial charge in [-0.15, -0.1) is 20.4 Å². The van der Waals surface area contributed by atoms with Crippen LogP contribution in [-0.4, -0.2) is 51.3 Å². The number of hydrogen-bond donors (Lipinski definition) is 0. The summed E-state index contributed by atoms with van der Waals surface area (Å²) in [5.41, 5.74) is 1.92. The quantitative estimate of drug-likeness (QED) is 0.421. The first kappa shape index (κ1) is 19.8. The van der Waals surface area contributed by atoms with E-state index in [1.807, 2.05) is 55.5 Å². The van der Waals surface area contributed by atoms with Crippen LogP contribution in [0.4, 0.5) is 5.95 Å². The Morgan fingerprint density at radius 1 is 0.871 bits per heavy atom. The highest BCUT2D eigenvalue weighted by molar-refractivity contribution is 7.99. The van der Waals surface area contributed by atoms with Gasteiger partial charge in [0.05, 0.1) is 24.2 Å². The summed E-state index contributed by atoms with van der Waals surface area (Å²) in [7, 11) is 0. The number of aromatic nitrogens is 5. The third-order valence-electron chi connectivity index (χ3n) is 5.02. The maximum atomic E-state index is 5.94. The summed E-state index contributed by atoms with van der Waals surface area (Å²) >= 11 is 1.55. The predicted octanol–water partition coefficient (Wildman–Crippen LogP) is 4.01. The fourth-order valence-electron chi connectivity index (χ4n) is 3.41. The van der Waals surface area contributed by atoms with Gasteiger partial charge in [0.15, 0.2) is 5.16 Å². The zero-order valence-electron chi connectivity index (χ0n) is 17.1. The normalized spacial score (nSPS) is 15.2. The van der Waals surface area contributed by atoms with Crippen molar-refractivity contribution in [2.24, 2.45) is 0 Å². The minimum atomic E-state index is -0.0887. The van der Waals surface area contributed by atoms with Crippen LogP contribution in [0.3, 0.4) is 0 Å². The number of hydrogen-bond acceptors (Lipinski definition) is 8. The van der Waals surface area contributed by atoms with E-state index in [0.717, 1.165) is 35.4 Å². The van der Waals surface area contributed by atoms with Crippen molar-refractivity contribution in [3.63, 3.8) is 0 Å². The molecule has 0 radical (unpaired) electrons. The Morgan fingerprint density at radius 3 is 2.32 bits per heavy atom. The molecule has 0 N–H and O–H groups in total. The second-order valence-corrected chi connectivity index (χ2v) is 8.43. The number of thioether (sulfide) groups is 1.